The second kappa shape index (κ2) is 11.2. The molecule has 10 aromatic rings. The summed E-state index contributed by atoms with van der Waals surface area (Å²) < 4.78 is 9.12. The smallest absolute Gasteiger partial charge is 0.159 e. The van der Waals surface area contributed by atoms with Crippen molar-refractivity contribution < 1.29 is 4.42 Å². The molecule has 3 heterocycles. The number of nitrogens with zero attached hydrogens (tertiary/aromatic N) is 2. The predicted molar refractivity (Wildman–Crippen MR) is 207 cm³/mol. The van der Waals surface area contributed by atoms with Crippen LogP contribution < -0.4 is 4.90 Å². The number of thiophene rings is 1. The molecule has 0 unspecified atom stereocenters. The zero-order chi connectivity index (χ0) is 32.3. The van der Waals surface area contributed by atoms with Crippen LogP contribution >= 0.6 is 11.3 Å². The summed E-state index contributed by atoms with van der Waals surface area (Å²) in [4.78, 5) is 6.92. The van der Waals surface area contributed by atoms with Gasteiger partial charge in [-0.1, -0.05) is 97.1 Å². The van der Waals surface area contributed by atoms with E-state index in [0.717, 1.165) is 44.5 Å². The fourth-order valence-electron chi connectivity index (χ4n) is 7.09. The summed E-state index contributed by atoms with van der Waals surface area (Å²) in [5, 5.41) is 5.93. The van der Waals surface area contributed by atoms with Gasteiger partial charge in [-0.2, -0.15) is 0 Å². The highest BCUT2D eigenvalue weighted by Crippen LogP contribution is 2.43. The van der Waals surface area contributed by atoms with E-state index in [2.05, 4.69) is 155 Å². The maximum Gasteiger partial charge on any atom is 0.159 e. The van der Waals surface area contributed by atoms with Crippen molar-refractivity contribution >= 4 is 81.4 Å². The number of para-hydroxylation sites is 2. The zero-order valence-electron chi connectivity index (χ0n) is 26.4. The van der Waals surface area contributed by atoms with Crippen molar-refractivity contribution in [1.29, 1.82) is 0 Å². The Morgan fingerprint density at radius 3 is 1.96 bits per heavy atom. The first-order valence-electron chi connectivity index (χ1n) is 16.4. The molecule has 0 atom stereocenters. The van der Waals surface area contributed by atoms with Crippen molar-refractivity contribution in [2.45, 2.75) is 0 Å². The van der Waals surface area contributed by atoms with Gasteiger partial charge in [-0.15, -0.1) is 11.3 Å². The van der Waals surface area contributed by atoms with Gasteiger partial charge in [0, 0.05) is 53.9 Å². The normalized spacial score (nSPS) is 11.7. The van der Waals surface area contributed by atoms with Crippen LogP contribution in [0.15, 0.2) is 174 Å². The van der Waals surface area contributed by atoms with Gasteiger partial charge in [0.05, 0.1) is 11.2 Å². The highest BCUT2D eigenvalue weighted by molar-refractivity contribution is 7.25. The van der Waals surface area contributed by atoms with Crippen molar-refractivity contribution in [2.24, 2.45) is 0 Å². The SMILES string of the molecule is c1ccc(-c2ccc(N(c3ccc(-c4ccc5sc6cc7cccnc7cc6c5c4)cc3)c3cccc4c3oc3ccccc34)cc2)cc1. The molecular weight excluding hydrogens is 617 g/mol. The molecule has 0 radical (unpaired) electrons. The number of fused-ring (bicyclic) bond motifs is 7. The van der Waals surface area contributed by atoms with Crippen molar-refractivity contribution in [3.05, 3.63) is 170 Å². The Kier molecular flexibility index (Phi) is 6.36. The first-order valence-corrected chi connectivity index (χ1v) is 17.3. The summed E-state index contributed by atoms with van der Waals surface area (Å²) in [5.41, 5.74) is 10.7. The minimum atomic E-state index is 0.872. The maximum atomic E-state index is 6.54. The largest absolute Gasteiger partial charge is 0.454 e. The Balaban J connectivity index is 1.09. The number of rotatable bonds is 5. The molecule has 0 saturated carbocycles. The Bertz CT molecular complexity index is 2810. The van der Waals surface area contributed by atoms with Crippen molar-refractivity contribution in [3.63, 3.8) is 0 Å². The molecule has 0 saturated heterocycles. The lowest BCUT2D eigenvalue weighted by Crippen LogP contribution is -2.10. The van der Waals surface area contributed by atoms with Crippen molar-refractivity contribution in [3.8, 4) is 22.3 Å². The third-order valence-electron chi connectivity index (χ3n) is 9.51. The van der Waals surface area contributed by atoms with Crippen LogP contribution in [0.1, 0.15) is 0 Å². The van der Waals surface area contributed by atoms with E-state index in [1.54, 1.807) is 0 Å². The molecule has 0 N–H and O–H groups in total. The van der Waals surface area contributed by atoms with Crippen LogP contribution in [-0.4, -0.2) is 4.98 Å². The van der Waals surface area contributed by atoms with Gasteiger partial charge in [0.25, 0.3) is 0 Å². The minimum absolute atomic E-state index is 0.872. The molecule has 0 amide bonds. The van der Waals surface area contributed by atoms with Crippen LogP contribution in [0.5, 0.6) is 0 Å². The molecule has 49 heavy (non-hydrogen) atoms. The van der Waals surface area contributed by atoms with E-state index in [-0.39, 0.29) is 0 Å². The lowest BCUT2D eigenvalue weighted by atomic mass is 10.0. The van der Waals surface area contributed by atoms with Gasteiger partial charge in [-0.05, 0) is 89.0 Å². The molecule has 10 rings (SSSR count). The van der Waals surface area contributed by atoms with E-state index in [4.69, 9.17) is 4.42 Å². The maximum absolute atomic E-state index is 6.54. The van der Waals surface area contributed by atoms with Gasteiger partial charge in [-0.25, -0.2) is 0 Å². The van der Waals surface area contributed by atoms with Gasteiger partial charge < -0.3 is 9.32 Å². The first kappa shape index (κ1) is 27.8. The van der Waals surface area contributed by atoms with Crippen LogP contribution in [0.3, 0.4) is 0 Å². The number of hydrogen-bond acceptors (Lipinski definition) is 4. The summed E-state index contributed by atoms with van der Waals surface area (Å²) in [6.07, 6.45) is 1.87. The average molecular weight is 645 g/mol. The average Bonchev–Trinajstić information content (AvgIpc) is 3.73. The Morgan fingerprint density at radius 1 is 0.469 bits per heavy atom. The van der Waals surface area contributed by atoms with Gasteiger partial charge >= 0.3 is 0 Å². The Morgan fingerprint density at radius 2 is 1.14 bits per heavy atom. The molecule has 7 aromatic carbocycles. The van der Waals surface area contributed by atoms with Crippen molar-refractivity contribution in [1.82, 2.24) is 4.98 Å². The standard InChI is InChI=1S/C45H28N2OS/c1-2-8-29(9-3-1)30-15-20-34(21-16-30)47(41-13-6-12-37-36-11-4-5-14-42(36)48-45(37)41)35-22-17-31(18-23-35)32-19-24-43-38(26-32)39-28-40-33(10-7-25-46-40)27-44(39)49-43/h1-28H. The van der Waals surface area contributed by atoms with Crippen LogP contribution in [0.4, 0.5) is 17.1 Å². The van der Waals surface area contributed by atoms with Crippen LogP contribution in [0.2, 0.25) is 0 Å². The molecule has 3 nitrogen and oxygen atoms in total. The number of furan rings is 1. The number of benzene rings is 7. The van der Waals surface area contributed by atoms with E-state index in [9.17, 15) is 0 Å². The highest BCUT2D eigenvalue weighted by atomic mass is 32.1. The molecule has 0 aliphatic heterocycles. The van der Waals surface area contributed by atoms with Crippen LogP contribution in [-0.2, 0) is 0 Å². The van der Waals surface area contributed by atoms with E-state index >= 15 is 0 Å². The first-order chi connectivity index (χ1) is 24.3. The molecule has 4 heteroatoms. The molecular formula is C45H28N2OS. The predicted octanol–water partition coefficient (Wildman–Crippen LogP) is 13.3. The third-order valence-corrected chi connectivity index (χ3v) is 10.6. The monoisotopic (exact) mass is 644 g/mol. The lowest BCUT2D eigenvalue weighted by molar-refractivity contribution is 0.669. The summed E-state index contributed by atoms with van der Waals surface area (Å²) in [6, 6.07) is 58.3. The number of anilines is 3. The molecule has 0 aliphatic carbocycles. The van der Waals surface area contributed by atoms with E-state index < -0.39 is 0 Å². The number of aromatic nitrogens is 1. The molecule has 3 aromatic heterocycles. The molecule has 230 valence electrons. The molecule has 0 spiro atoms. The van der Waals surface area contributed by atoms with Crippen LogP contribution in [0, 0.1) is 0 Å². The third kappa shape index (κ3) is 4.68. The quantitative estimate of drug-likeness (QED) is 0.187. The Labute approximate surface area is 286 Å². The van der Waals surface area contributed by atoms with Crippen molar-refractivity contribution in [2.75, 3.05) is 4.90 Å². The zero-order valence-corrected chi connectivity index (χ0v) is 27.2. The second-order valence-electron chi connectivity index (χ2n) is 12.4. The van der Waals surface area contributed by atoms with Gasteiger partial charge in [-0.3, -0.25) is 4.98 Å². The molecule has 0 fully saturated rings. The Hall–Kier alpha value is -6.23. The summed E-state index contributed by atoms with van der Waals surface area (Å²) >= 11 is 1.84. The topological polar surface area (TPSA) is 29.3 Å². The second-order valence-corrected chi connectivity index (χ2v) is 13.5. The van der Waals surface area contributed by atoms with E-state index in [1.165, 1.54) is 47.8 Å². The fraction of sp³-hybridized carbons (Fsp3) is 0. The van der Waals surface area contributed by atoms with Gasteiger partial charge in [0.1, 0.15) is 5.58 Å². The minimum Gasteiger partial charge on any atom is -0.454 e. The van der Waals surface area contributed by atoms with E-state index in [0.29, 0.717) is 0 Å². The fourth-order valence-corrected chi connectivity index (χ4v) is 8.21. The summed E-state index contributed by atoms with van der Waals surface area (Å²) in [7, 11) is 0. The summed E-state index contributed by atoms with van der Waals surface area (Å²) in [5.74, 6) is 0. The number of hydrogen-bond donors (Lipinski definition) is 0. The van der Waals surface area contributed by atoms with Gasteiger partial charge in [0.2, 0.25) is 0 Å². The summed E-state index contributed by atoms with van der Waals surface area (Å²) in [6.45, 7) is 0. The highest BCUT2D eigenvalue weighted by Gasteiger charge is 2.19. The van der Waals surface area contributed by atoms with Crippen LogP contribution in [0.25, 0.3) is 75.3 Å². The molecule has 0 aliphatic rings. The lowest BCUT2D eigenvalue weighted by Gasteiger charge is -2.26. The van der Waals surface area contributed by atoms with E-state index in [1.807, 2.05) is 35.7 Å². The number of pyridine rings is 1. The molecule has 0 bridgehead atoms. The van der Waals surface area contributed by atoms with Gasteiger partial charge in [0.15, 0.2) is 5.58 Å².